The van der Waals surface area contributed by atoms with Crippen molar-refractivity contribution in [3.63, 3.8) is 0 Å². The van der Waals surface area contributed by atoms with Crippen LogP contribution in [0.4, 0.5) is 20.2 Å². The Morgan fingerprint density at radius 2 is 1.68 bits per heavy atom. The molecule has 1 atom stereocenters. The van der Waals surface area contributed by atoms with Crippen LogP contribution in [0.2, 0.25) is 0 Å². The fourth-order valence-electron chi connectivity index (χ4n) is 5.46. The van der Waals surface area contributed by atoms with Crippen molar-refractivity contribution >= 4 is 40.4 Å². The molecular formula is C29H29F2N3O4. The maximum Gasteiger partial charge on any atom is 0.315 e. The molecule has 0 radical (unpaired) electrons. The van der Waals surface area contributed by atoms with Crippen LogP contribution >= 0.6 is 0 Å². The molecule has 3 aromatic rings. The van der Waals surface area contributed by atoms with Gasteiger partial charge in [0.25, 0.3) is 0 Å². The van der Waals surface area contributed by atoms with E-state index in [4.69, 9.17) is 14.5 Å². The van der Waals surface area contributed by atoms with Crippen molar-refractivity contribution in [3.8, 4) is 5.75 Å². The Kier molecular flexibility index (Phi) is 6.98. The van der Waals surface area contributed by atoms with Crippen molar-refractivity contribution in [3.05, 3.63) is 66.2 Å². The van der Waals surface area contributed by atoms with Crippen LogP contribution in [0.5, 0.6) is 5.75 Å². The molecule has 0 bridgehead atoms. The minimum atomic E-state index is -1.63. The number of benzene rings is 3. The average Bonchev–Trinajstić information content (AvgIpc) is 3.06. The van der Waals surface area contributed by atoms with E-state index in [1.807, 2.05) is 60.8 Å². The van der Waals surface area contributed by atoms with Crippen LogP contribution in [0.25, 0.3) is 10.8 Å². The molecule has 2 aliphatic heterocycles. The third-order valence-electron chi connectivity index (χ3n) is 7.37. The van der Waals surface area contributed by atoms with E-state index in [0.717, 1.165) is 32.6 Å². The maximum absolute atomic E-state index is 12.8. The molecule has 5 rings (SSSR count). The first-order valence-electron chi connectivity index (χ1n) is 12.5. The van der Waals surface area contributed by atoms with E-state index in [1.54, 1.807) is 0 Å². The molecule has 38 heavy (non-hydrogen) atoms. The summed E-state index contributed by atoms with van der Waals surface area (Å²) in [5, 5.41) is 2.10. The molecule has 3 aromatic carbocycles. The molecule has 0 fully saturated rings. The minimum Gasteiger partial charge on any atom is -0.459 e. The monoisotopic (exact) mass is 521 g/mol. The predicted molar refractivity (Wildman–Crippen MR) is 142 cm³/mol. The summed E-state index contributed by atoms with van der Waals surface area (Å²) in [6.45, 7) is 3.79. The van der Waals surface area contributed by atoms with E-state index in [1.165, 1.54) is 0 Å². The van der Waals surface area contributed by atoms with Gasteiger partial charge in [-0.15, -0.1) is 0 Å². The van der Waals surface area contributed by atoms with Gasteiger partial charge in [-0.05, 0) is 36.9 Å². The highest BCUT2D eigenvalue weighted by Crippen LogP contribution is 2.54. The molecule has 0 amide bonds. The average molecular weight is 522 g/mol. The Labute approximate surface area is 219 Å². The number of hydrogen-bond donors (Lipinski definition) is 0. The summed E-state index contributed by atoms with van der Waals surface area (Å²) in [6.07, 6.45) is 1.88. The van der Waals surface area contributed by atoms with Gasteiger partial charge in [0.2, 0.25) is 5.72 Å². The molecule has 0 saturated carbocycles. The number of fused-ring (bicyclic) bond motifs is 4. The molecule has 7 nitrogen and oxygen atoms in total. The van der Waals surface area contributed by atoms with Crippen LogP contribution < -0.4 is 9.64 Å². The number of aliphatic imine (C=N–C) groups is 1. The number of anilines is 1. The summed E-state index contributed by atoms with van der Waals surface area (Å²) in [5.74, 6) is 0.695. The van der Waals surface area contributed by atoms with Crippen LogP contribution in [0, 0.1) is 0 Å². The van der Waals surface area contributed by atoms with Crippen molar-refractivity contribution in [2.75, 3.05) is 44.3 Å². The van der Waals surface area contributed by atoms with E-state index in [2.05, 4.69) is 24.8 Å². The standard InChI is InChI=1S/C29H29F2N3O4/c1-28(2)22-9-5-6-10-23(22)34(14-16-37-15-13-33(17-25(30)35)18-26(31)36)29(28)19-32-27-21-8-4-3-7-20(21)11-12-24(27)38-29/h3-12,19H,13-18H2,1-2H3. The Morgan fingerprint density at radius 1 is 0.974 bits per heavy atom. The highest BCUT2D eigenvalue weighted by molar-refractivity contribution is 5.99. The zero-order valence-corrected chi connectivity index (χ0v) is 21.3. The Bertz CT molecular complexity index is 1390. The normalized spacial score (nSPS) is 19.0. The number of carbonyl (C=O) groups excluding carboxylic acids is 2. The van der Waals surface area contributed by atoms with Crippen LogP contribution in [0.1, 0.15) is 19.4 Å². The Morgan fingerprint density at radius 3 is 2.45 bits per heavy atom. The lowest BCUT2D eigenvalue weighted by Gasteiger charge is -2.46. The van der Waals surface area contributed by atoms with Gasteiger partial charge >= 0.3 is 12.1 Å². The second-order valence-corrected chi connectivity index (χ2v) is 10.0. The quantitative estimate of drug-likeness (QED) is 0.284. The first kappa shape index (κ1) is 25.9. The van der Waals surface area contributed by atoms with Crippen molar-refractivity contribution < 1.29 is 27.8 Å². The first-order valence-corrected chi connectivity index (χ1v) is 12.5. The summed E-state index contributed by atoms with van der Waals surface area (Å²) in [6, 6.07) is 16.9. The van der Waals surface area contributed by atoms with E-state index >= 15 is 0 Å². The van der Waals surface area contributed by atoms with Gasteiger partial charge in [0.1, 0.15) is 11.4 Å². The van der Waals surface area contributed by atoms with Gasteiger partial charge in [0.05, 0.1) is 37.9 Å². The second-order valence-electron chi connectivity index (χ2n) is 10.0. The third kappa shape index (κ3) is 4.56. The van der Waals surface area contributed by atoms with Crippen LogP contribution in [-0.2, 0) is 19.7 Å². The van der Waals surface area contributed by atoms with E-state index in [-0.39, 0.29) is 19.8 Å². The van der Waals surface area contributed by atoms with Crippen molar-refractivity contribution in [1.82, 2.24) is 4.90 Å². The van der Waals surface area contributed by atoms with Crippen LogP contribution in [-0.4, -0.2) is 68.3 Å². The van der Waals surface area contributed by atoms with Gasteiger partial charge in [-0.3, -0.25) is 19.5 Å². The second kappa shape index (κ2) is 10.2. The van der Waals surface area contributed by atoms with Crippen molar-refractivity contribution in [2.24, 2.45) is 4.99 Å². The van der Waals surface area contributed by atoms with Gasteiger partial charge < -0.3 is 14.4 Å². The lowest BCUT2D eigenvalue weighted by molar-refractivity contribution is -0.133. The fraction of sp³-hybridized carbons (Fsp3) is 0.345. The number of nitrogens with zero attached hydrogens (tertiary/aromatic N) is 3. The SMILES string of the molecule is CC1(C)c2ccccc2N(CCOCCN(CC(=O)F)CC(=O)F)C12C=Nc1c(ccc3ccccc13)O2. The van der Waals surface area contributed by atoms with Gasteiger partial charge in [0, 0.05) is 24.2 Å². The van der Waals surface area contributed by atoms with Crippen LogP contribution in [0.15, 0.2) is 65.7 Å². The Hall–Kier alpha value is -3.69. The zero-order valence-electron chi connectivity index (χ0n) is 21.3. The lowest BCUT2D eigenvalue weighted by atomic mass is 9.77. The first-order chi connectivity index (χ1) is 18.2. The molecule has 0 aliphatic carbocycles. The van der Waals surface area contributed by atoms with Gasteiger partial charge in [-0.25, -0.2) is 0 Å². The summed E-state index contributed by atoms with van der Waals surface area (Å²) in [5.41, 5.74) is 1.54. The molecule has 0 aromatic heterocycles. The molecular weight excluding hydrogens is 492 g/mol. The topological polar surface area (TPSA) is 71.4 Å². The third-order valence-corrected chi connectivity index (χ3v) is 7.37. The summed E-state index contributed by atoms with van der Waals surface area (Å²) in [7, 11) is 0. The van der Waals surface area contributed by atoms with E-state index in [0.29, 0.717) is 12.3 Å². The fourth-order valence-corrected chi connectivity index (χ4v) is 5.46. The summed E-state index contributed by atoms with van der Waals surface area (Å²) >= 11 is 0. The largest absolute Gasteiger partial charge is 0.459 e. The summed E-state index contributed by atoms with van der Waals surface area (Å²) < 4.78 is 38.2. The molecule has 9 heteroatoms. The molecule has 2 aliphatic rings. The van der Waals surface area contributed by atoms with E-state index in [9.17, 15) is 18.4 Å². The van der Waals surface area contributed by atoms with Gasteiger partial charge in [-0.2, -0.15) is 8.78 Å². The minimum absolute atomic E-state index is 0.0386. The predicted octanol–water partition coefficient (Wildman–Crippen LogP) is 4.74. The highest BCUT2D eigenvalue weighted by atomic mass is 19.1. The number of halogens is 2. The molecule has 198 valence electrons. The van der Waals surface area contributed by atoms with Crippen molar-refractivity contribution in [1.29, 1.82) is 0 Å². The smallest absolute Gasteiger partial charge is 0.315 e. The number of carbonyl (C=O) groups is 2. The Balaban J connectivity index is 1.37. The number of ether oxygens (including phenoxy) is 2. The number of hydrogen-bond acceptors (Lipinski definition) is 7. The highest BCUT2D eigenvalue weighted by Gasteiger charge is 2.59. The lowest BCUT2D eigenvalue weighted by Crippen LogP contribution is -2.62. The molecule has 0 saturated heterocycles. The molecule has 1 spiro atoms. The molecule has 1 unspecified atom stereocenters. The maximum atomic E-state index is 12.8. The number of rotatable bonds is 10. The van der Waals surface area contributed by atoms with Gasteiger partial charge in [-0.1, -0.05) is 48.5 Å². The molecule has 2 heterocycles. The number of para-hydroxylation sites is 1. The van der Waals surface area contributed by atoms with Crippen LogP contribution in [0.3, 0.4) is 0 Å². The molecule has 0 N–H and O–H groups in total. The summed E-state index contributed by atoms with van der Waals surface area (Å²) in [4.78, 5) is 29.7. The van der Waals surface area contributed by atoms with Crippen molar-refractivity contribution in [2.45, 2.75) is 25.0 Å². The zero-order chi connectivity index (χ0) is 26.9. The van der Waals surface area contributed by atoms with Gasteiger partial charge in [0.15, 0.2) is 0 Å². The van der Waals surface area contributed by atoms with E-state index < -0.39 is 36.3 Å².